The highest BCUT2D eigenvalue weighted by molar-refractivity contribution is 8.13. The molecule has 0 amide bonds. The Morgan fingerprint density at radius 1 is 0.926 bits per heavy atom. The molecule has 0 saturated heterocycles. The predicted octanol–water partition coefficient (Wildman–Crippen LogP) is 1.93. The van der Waals surface area contributed by atoms with Gasteiger partial charge in [0.2, 0.25) is 9.05 Å². The first kappa shape index (κ1) is 25.4. The van der Waals surface area contributed by atoms with Gasteiger partial charge in [0.25, 0.3) is 10.1 Å². The van der Waals surface area contributed by atoms with Gasteiger partial charge in [-0.05, 0) is 38.1 Å². The quantitative estimate of drug-likeness (QED) is 0.567. The molecule has 2 heterocycles. The van der Waals surface area contributed by atoms with Crippen molar-refractivity contribution in [1.82, 2.24) is 9.97 Å². The van der Waals surface area contributed by atoms with E-state index in [1.165, 1.54) is 0 Å². The molecule has 0 bridgehead atoms. The lowest BCUT2D eigenvalue weighted by molar-refractivity contribution is 0.276. The molecule has 0 aliphatic rings. The SMILES string of the molecule is CS(=O)(=O)Cl.Cc1cccc(CO)n1.Cc1cccc(COS(C)(=O)=O)n1. The van der Waals surface area contributed by atoms with E-state index in [0.717, 1.165) is 29.6 Å². The van der Waals surface area contributed by atoms with E-state index in [-0.39, 0.29) is 13.2 Å². The van der Waals surface area contributed by atoms with Crippen molar-refractivity contribution in [2.45, 2.75) is 27.1 Å². The first-order valence-corrected chi connectivity index (χ1v) is 12.0. The van der Waals surface area contributed by atoms with Crippen LogP contribution in [-0.2, 0) is 36.6 Å². The molecule has 0 fully saturated rings. The van der Waals surface area contributed by atoms with Crippen LogP contribution in [-0.4, -0.2) is 44.4 Å². The summed E-state index contributed by atoms with van der Waals surface area (Å²) in [4.78, 5) is 8.13. The third-order valence-electron chi connectivity index (χ3n) is 2.47. The van der Waals surface area contributed by atoms with Crippen molar-refractivity contribution in [2.24, 2.45) is 0 Å². The van der Waals surface area contributed by atoms with Crippen molar-refractivity contribution >= 4 is 29.9 Å². The molecule has 0 unspecified atom stereocenters. The molecule has 0 saturated carbocycles. The van der Waals surface area contributed by atoms with E-state index in [0.29, 0.717) is 5.69 Å². The Balaban J connectivity index is 0.000000419. The van der Waals surface area contributed by atoms with Gasteiger partial charge in [-0.1, -0.05) is 12.1 Å². The molecule has 2 aromatic rings. The summed E-state index contributed by atoms with van der Waals surface area (Å²) < 4.78 is 44.7. The van der Waals surface area contributed by atoms with E-state index < -0.39 is 19.2 Å². The summed E-state index contributed by atoms with van der Waals surface area (Å²) in [6.45, 7) is 3.77. The van der Waals surface area contributed by atoms with Crippen LogP contribution in [0.25, 0.3) is 0 Å². The normalized spacial score (nSPS) is 10.9. The Bertz CT molecular complexity index is 910. The summed E-state index contributed by atoms with van der Waals surface area (Å²) >= 11 is 0. The molecule has 0 aromatic carbocycles. The number of aromatic nitrogens is 2. The lowest BCUT2D eigenvalue weighted by Crippen LogP contribution is -2.04. The summed E-state index contributed by atoms with van der Waals surface area (Å²) in [6.07, 6.45) is 1.94. The van der Waals surface area contributed by atoms with Gasteiger partial charge in [0, 0.05) is 22.1 Å². The number of nitrogens with zero attached hydrogens (tertiary/aromatic N) is 2. The second kappa shape index (κ2) is 12.0. The number of aliphatic hydroxyl groups excluding tert-OH is 1. The number of rotatable bonds is 4. The monoisotopic (exact) mass is 438 g/mol. The molecular formula is C16H23ClN2O6S2. The summed E-state index contributed by atoms with van der Waals surface area (Å²) in [6, 6.07) is 10.9. The average molecular weight is 439 g/mol. The lowest BCUT2D eigenvalue weighted by Gasteiger charge is -2.01. The van der Waals surface area contributed by atoms with Gasteiger partial charge >= 0.3 is 0 Å². The van der Waals surface area contributed by atoms with Gasteiger partial charge in [-0.25, -0.2) is 8.42 Å². The molecule has 1 N–H and O–H groups in total. The fourth-order valence-electron chi connectivity index (χ4n) is 1.53. The van der Waals surface area contributed by atoms with Crippen LogP contribution < -0.4 is 0 Å². The second-order valence-corrected chi connectivity index (χ2v) is 10.0. The van der Waals surface area contributed by atoms with Crippen molar-refractivity contribution < 1.29 is 26.1 Å². The minimum atomic E-state index is -3.38. The van der Waals surface area contributed by atoms with Crippen molar-refractivity contribution in [3.63, 3.8) is 0 Å². The fourth-order valence-corrected chi connectivity index (χ4v) is 1.87. The first-order chi connectivity index (χ1) is 12.3. The molecule has 0 aliphatic heterocycles. The van der Waals surface area contributed by atoms with Gasteiger partial charge in [-0.3, -0.25) is 14.2 Å². The molecule has 2 aromatic heterocycles. The third-order valence-corrected chi connectivity index (χ3v) is 3.02. The number of hydrogen-bond donors (Lipinski definition) is 1. The summed E-state index contributed by atoms with van der Waals surface area (Å²) in [5.74, 6) is 0. The van der Waals surface area contributed by atoms with Crippen LogP contribution >= 0.6 is 10.7 Å². The standard InChI is InChI=1S/C8H11NO3S.C7H9NO.CH3ClO2S/c1-7-4-3-5-8(9-7)6-12-13(2,10)11;1-6-3-2-4-7(5-9)8-6;1-5(2,3)4/h3-5H,6H2,1-2H3;2-4,9H,5H2,1H3;1H3. The molecule has 0 atom stereocenters. The van der Waals surface area contributed by atoms with Crippen LogP contribution in [0.3, 0.4) is 0 Å². The van der Waals surface area contributed by atoms with Gasteiger partial charge in [-0.15, -0.1) is 0 Å². The zero-order valence-electron chi connectivity index (χ0n) is 15.5. The van der Waals surface area contributed by atoms with Crippen LogP contribution in [0.2, 0.25) is 0 Å². The van der Waals surface area contributed by atoms with E-state index in [1.54, 1.807) is 12.1 Å². The molecule has 11 heteroatoms. The minimum absolute atomic E-state index is 0.000509. The Hall–Kier alpha value is -1.59. The summed E-state index contributed by atoms with van der Waals surface area (Å²) in [7, 11) is -2.07. The number of aliphatic hydroxyl groups is 1. The Morgan fingerprint density at radius 3 is 1.67 bits per heavy atom. The first-order valence-electron chi connectivity index (χ1n) is 7.50. The minimum Gasteiger partial charge on any atom is -0.390 e. The highest BCUT2D eigenvalue weighted by Gasteiger charge is 2.02. The molecule has 2 rings (SSSR count). The number of aryl methyl sites for hydroxylation is 2. The van der Waals surface area contributed by atoms with Crippen LogP contribution in [0.15, 0.2) is 36.4 Å². The van der Waals surface area contributed by atoms with Crippen molar-refractivity contribution in [2.75, 3.05) is 12.5 Å². The van der Waals surface area contributed by atoms with Crippen LogP contribution in [0.5, 0.6) is 0 Å². The fraction of sp³-hybridized carbons (Fsp3) is 0.375. The van der Waals surface area contributed by atoms with Gasteiger partial charge in [0.1, 0.15) is 6.61 Å². The van der Waals surface area contributed by atoms with Gasteiger partial charge < -0.3 is 5.11 Å². The summed E-state index contributed by atoms with van der Waals surface area (Å²) in [5.41, 5.74) is 3.14. The maximum absolute atomic E-state index is 10.6. The maximum atomic E-state index is 10.6. The van der Waals surface area contributed by atoms with E-state index in [2.05, 4.69) is 24.8 Å². The van der Waals surface area contributed by atoms with Crippen molar-refractivity contribution in [3.8, 4) is 0 Å². The van der Waals surface area contributed by atoms with E-state index in [9.17, 15) is 16.8 Å². The largest absolute Gasteiger partial charge is 0.390 e. The zero-order chi connectivity index (χ0) is 21.1. The van der Waals surface area contributed by atoms with Crippen LogP contribution in [0.1, 0.15) is 22.8 Å². The molecule has 8 nitrogen and oxygen atoms in total. The highest BCUT2D eigenvalue weighted by Crippen LogP contribution is 2.01. The van der Waals surface area contributed by atoms with Crippen molar-refractivity contribution in [1.29, 1.82) is 0 Å². The van der Waals surface area contributed by atoms with E-state index in [1.807, 2.05) is 38.1 Å². The molecular weight excluding hydrogens is 416 g/mol. The highest BCUT2D eigenvalue weighted by atomic mass is 35.7. The van der Waals surface area contributed by atoms with Crippen LogP contribution in [0.4, 0.5) is 0 Å². The van der Waals surface area contributed by atoms with Gasteiger partial charge in [0.15, 0.2) is 0 Å². The van der Waals surface area contributed by atoms with Gasteiger partial charge in [0.05, 0.1) is 30.5 Å². The van der Waals surface area contributed by atoms with E-state index >= 15 is 0 Å². The molecule has 27 heavy (non-hydrogen) atoms. The zero-order valence-corrected chi connectivity index (χ0v) is 17.8. The topological polar surface area (TPSA) is 124 Å². The van der Waals surface area contributed by atoms with Gasteiger partial charge in [-0.2, -0.15) is 8.42 Å². The lowest BCUT2D eigenvalue weighted by atomic mass is 10.3. The Kier molecular flexibility index (Phi) is 11.3. The average Bonchev–Trinajstić information content (AvgIpc) is 2.51. The summed E-state index contributed by atoms with van der Waals surface area (Å²) in [5, 5.41) is 8.60. The Morgan fingerprint density at radius 2 is 1.33 bits per heavy atom. The molecule has 0 aliphatic carbocycles. The number of pyridine rings is 2. The molecule has 0 radical (unpaired) electrons. The maximum Gasteiger partial charge on any atom is 0.264 e. The van der Waals surface area contributed by atoms with Crippen LogP contribution in [0, 0.1) is 13.8 Å². The van der Waals surface area contributed by atoms with Crippen molar-refractivity contribution in [3.05, 3.63) is 59.2 Å². The Labute approximate surface area is 164 Å². The van der Waals surface area contributed by atoms with E-state index in [4.69, 9.17) is 5.11 Å². The second-order valence-electron chi connectivity index (χ2n) is 5.35. The number of halogens is 1. The molecule has 0 spiro atoms. The third kappa shape index (κ3) is 17.6. The molecule has 152 valence electrons. The number of hydrogen-bond acceptors (Lipinski definition) is 8. The predicted molar refractivity (Wildman–Crippen MR) is 104 cm³/mol. The smallest absolute Gasteiger partial charge is 0.264 e.